The largest absolute Gasteiger partial charge is 0.493 e. The number of pyridine rings is 2. The van der Waals surface area contributed by atoms with Gasteiger partial charge < -0.3 is 14.2 Å². The van der Waals surface area contributed by atoms with Crippen molar-refractivity contribution in [3.05, 3.63) is 71.4 Å². The van der Waals surface area contributed by atoms with E-state index in [4.69, 9.17) is 19.2 Å². The van der Waals surface area contributed by atoms with Crippen LogP contribution in [0.15, 0.2) is 54.7 Å². The van der Waals surface area contributed by atoms with Crippen LogP contribution in [0.25, 0.3) is 33.4 Å². The molecule has 0 fully saturated rings. The molecule has 7 nitrogen and oxygen atoms in total. The van der Waals surface area contributed by atoms with Crippen LogP contribution in [0, 0.1) is 18.3 Å². The van der Waals surface area contributed by atoms with Gasteiger partial charge in [-0.05, 0) is 55.3 Å². The Labute approximate surface area is 197 Å². The summed E-state index contributed by atoms with van der Waals surface area (Å²) >= 11 is 0. The minimum absolute atomic E-state index is 0.227. The Bertz CT molecular complexity index is 1430. The van der Waals surface area contributed by atoms with E-state index in [2.05, 4.69) is 11.1 Å². The summed E-state index contributed by atoms with van der Waals surface area (Å²) < 4.78 is 16.3. The van der Waals surface area contributed by atoms with Crippen LogP contribution in [0.5, 0.6) is 11.5 Å². The minimum Gasteiger partial charge on any atom is -0.493 e. The standard InChI is InChI=1S/C27H23N3O4/c1-5-34-27(31)23-16(2)9-11-19-25(23)24(17-10-12-21(32-3)22(14-17)33-4)18(15-28)26(30-19)20-8-6-7-13-29-20/h6-14H,5H2,1-4H3. The molecule has 0 spiro atoms. The van der Waals surface area contributed by atoms with Crippen LogP contribution in [0.4, 0.5) is 0 Å². The van der Waals surface area contributed by atoms with Crippen molar-refractivity contribution in [3.8, 4) is 40.1 Å². The van der Waals surface area contributed by atoms with E-state index >= 15 is 0 Å². The first-order valence-electron chi connectivity index (χ1n) is 10.7. The molecule has 0 saturated carbocycles. The summed E-state index contributed by atoms with van der Waals surface area (Å²) in [4.78, 5) is 22.2. The molecule has 0 unspecified atom stereocenters. The predicted molar refractivity (Wildman–Crippen MR) is 129 cm³/mol. The summed E-state index contributed by atoms with van der Waals surface area (Å²) in [6.45, 7) is 3.82. The maximum absolute atomic E-state index is 13.1. The second kappa shape index (κ2) is 9.59. The molecule has 7 heteroatoms. The van der Waals surface area contributed by atoms with Crippen molar-refractivity contribution < 1.29 is 19.0 Å². The Morgan fingerprint density at radius 1 is 1.06 bits per heavy atom. The normalized spacial score (nSPS) is 10.6. The second-order valence-corrected chi connectivity index (χ2v) is 7.48. The molecule has 4 aromatic rings. The number of aromatic nitrogens is 2. The van der Waals surface area contributed by atoms with Crippen LogP contribution in [-0.2, 0) is 4.74 Å². The maximum atomic E-state index is 13.1. The van der Waals surface area contributed by atoms with E-state index in [0.29, 0.717) is 56.0 Å². The van der Waals surface area contributed by atoms with Crippen LogP contribution in [0.2, 0.25) is 0 Å². The number of esters is 1. The van der Waals surface area contributed by atoms with Gasteiger partial charge in [0.25, 0.3) is 0 Å². The number of hydrogen-bond donors (Lipinski definition) is 0. The van der Waals surface area contributed by atoms with E-state index in [1.165, 1.54) is 0 Å². The zero-order valence-electron chi connectivity index (χ0n) is 19.4. The van der Waals surface area contributed by atoms with Crippen molar-refractivity contribution in [3.63, 3.8) is 0 Å². The fourth-order valence-corrected chi connectivity index (χ4v) is 4.01. The van der Waals surface area contributed by atoms with E-state index < -0.39 is 5.97 Å². The third-order valence-corrected chi connectivity index (χ3v) is 5.53. The number of fused-ring (bicyclic) bond motifs is 1. The molecule has 2 heterocycles. The summed E-state index contributed by atoms with van der Waals surface area (Å²) in [7, 11) is 3.10. The van der Waals surface area contributed by atoms with Crippen molar-refractivity contribution in [2.24, 2.45) is 0 Å². The molecule has 0 aliphatic carbocycles. The van der Waals surface area contributed by atoms with E-state index in [-0.39, 0.29) is 6.61 Å². The fraction of sp³-hybridized carbons (Fsp3) is 0.185. The number of benzene rings is 2. The number of rotatable bonds is 6. The summed E-state index contributed by atoms with van der Waals surface area (Å²) in [6.07, 6.45) is 1.65. The van der Waals surface area contributed by atoms with Gasteiger partial charge in [-0.2, -0.15) is 5.26 Å². The highest BCUT2D eigenvalue weighted by molar-refractivity contribution is 6.13. The van der Waals surface area contributed by atoms with Gasteiger partial charge in [-0.25, -0.2) is 9.78 Å². The first-order chi connectivity index (χ1) is 16.5. The zero-order chi connectivity index (χ0) is 24.2. The van der Waals surface area contributed by atoms with Gasteiger partial charge in [0.15, 0.2) is 11.5 Å². The number of aryl methyl sites for hydroxylation is 1. The van der Waals surface area contributed by atoms with E-state index in [0.717, 1.165) is 5.56 Å². The van der Waals surface area contributed by atoms with Gasteiger partial charge in [0.1, 0.15) is 11.8 Å². The van der Waals surface area contributed by atoms with Crippen LogP contribution in [-0.4, -0.2) is 36.8 Å². The highest BCUT2D eigenvalue weighted by Crippen LogP contribution is 2.41. The van der Waals surface area contributed by atoms with Crippen molar-refractivity contribution in [2.75, 3.05) is 20.8 Å². The molecule has 0 aliphatic heterocycles. The molecular weight excluding hydrogens is 430 g/mol. The fourth-order valence-electron chi connectivity index (χ4n) is 4.01. The highest BCUT2D eigenvalue weighted by atomic mass is 16.5. The summed E-state index contributed by atoms with van der Waals surface area (Å²) in [5, 5.41) is 10.9. The number of ether oxygens (including phenoxy) is 3. The van der Waals surface area contributed by atoms with E-state index in [1.807, 2.05) is 31.2 Å². The number of nitrogens with zero attached hydrogens (tertiary/aromatic N) is 3. The van der Waals surface area contributed by atoms with Crippen LogP contribution >= 0.6 is 0 Å². The lowest BCUT2D eigenvalue weighted by Crippen LogP contribution is -2.10. The van der Waals surface area contributed by atoms with Gasteiger partial charge in [0, 0.05) is 17.1 Å². The molecule has 0 saturated heterocycles. The van der Waals surface area contributed by atoms with Gasteiger partial charge in [-0.3, -0.25) is 4.98 Å². The molecule has 0 radical (unpaired) electrons. The third-order valence-electron chi connectivity index (χ3n) is 5.53. The van der Waals surface area contributed by atoms with Gasteiger partial charge in [-0.1, -0.05) is 18.2 Å². The Balaban J connectivity index is 2.20. The number of hydrogen-bond acceptors (Lipinski definition) is 7. The average Bonchev–Trinajstić information content (AvgIpc) is 2.87. The Hall–Kier alpha value is -4.44. The van der Waals surface area contributed by atoms with E-state index in [9.17, 15) is 10.1 Å². The number of nitriles is 1. The molecule has 170 valence electrons. The molecule has 0 amide bonds. The summed E-state index contributed by atoms with van der Waals surface area (Å²) in [6, 6.07) is 16.8. The van der Waals surface area contributed by atoms with Gasteiger partial charge in [0.2, 0.25) is 0 Å². The van der Waals surface area contributed by atoms with E-state index in [1.54, 1.807) is 51.6 Å². The van der Waals surface area contributed by atoms with Gasteiger partial charge >= 0.3 is 5.97 Å². The lowest BCUT2D eigenvalue weighted by Gasteiger charge is -2.18. The Kier molecular flexibility index (Phi) is 6.42. The maximum Gasteiger partial charge on any atom is 0.339 e. The predicted octanol–water partition coefficient (Wildman–Crippen LogP) is 5.34. The topological polar surface area (TPSA) is 94.3 Å². The summed E-state index contributed by atoms with van der Waals surface area (Å²) in [5.41, 5.74) is 4.17. The third kappa shape index (κ3) is 3.90. The highest BCUT2D eigenvalue weighted by Gasteiger charge is 2.25. The van der Waals surface area contributed by atoms with Crippen molar-refractivity contribution in [1.29, 1.82) is 5.26 Å². The van der Waals surface area contributed by atoms with Gasteiger partial charge in [0.05, 0.1) is 43.2 Å². The number of carbonyl (C=O) groups excluding carboxylic acids is 1. The lowest BCUT2D eigenvalue weighted by atomic mass is 9.89. The number of methoxy groups -OCH3 is 2. The van der Waals surface area contributed by atoms with Crippen LogP contribution < -0.4 is 9.47 Å². The second-order valence-electron chi connectivity index (χ2n) is 7.48. The molecule has 34 heavy (non-hydrogen) atoms. The molecule has 2 aromatic carbocycles. The van der Waals surface area contributed by atoms with Crippen molar-refractivity contribution >= 4 is 16.9 Å². The quantitative estimate of drug-likeness (QED) is 0.364. The monoisotopic (exact) mass is 453 g/mol. The first-order valence-corrected chi connectivity index (χ1v) is 10.7. The zero-order valence-corrected chi connectivity index (χ0v) is 19.4. The molecular formula is C27H23N3O4. The summed E-state index contributed by atoms with van der Waals surface area (Å²) in [5.74, 6) is 0.581. The molecule has 0 aliphatic rings. The van der Waals surface area contributed by atoms with Crippen LogP contribution in [0.1, 0.15) is 28.4 Å². The molecule has 0 atom stereocenters. The molecule has 0 bridgehead atoms. The SMILES string of the molecule is CCOC(=O)c1c(C)ccc2nc(-c3ccccn3)c(C#N)c(-c3ccc(OC)c(OC)c3)c12. The smallest absolute Gasteiger partial charge is 0.339 e. The first kappa shape index (κ1) is 22.7. The molecule has 0 N–H and O–H groups in total. The van der Waals surface area contributed by atoms with Crippen molar-refractivity contribution in [2.45, 2.75) is 13.8 Å². The van der Waals surface area contributed by atoms with Crippen LogP contribution in [0.3, 0.4) is 0 Å². The number of carbonyl (C=O) groups is 1. The molecule has 2 aromatic heterocycles. The minimum atomic E-state index is -0.469. The Morgan fingerprint density at radius 2 is 1.85 bits per heavy atom. The Morgan fingerprint density at radius 3 is 2.50 bits per heavy atom. The van der Waals surface area contributed by atoms with Gasteiger partial charge in [-0.15, -0.1) is 0 Å². The molecule has 4 rings (SSSR count). The van der Waals surface area contributed by atoms with Crippen molar-refractivity contribution in [1.82, 2.24) is 9.97 Å². The lowest BCUT2D eigenvalue weighted by molar-refractivity contribution is 0.0528. The average molecular weight is 453 g/mol.